The summed E-state index contributed by atoms with van der Waals surface area (Å²) in [6.07, 6.45) is 10.4. The van der Waals surface area contributed by atoms with Crippen molar-refractivity contribution < 1.29 is 0 Å². The molecule has 5 unspecified atom stereocenters. The minimum absolute atomic E-state index is 0.644. The van der Waals surface area contributed by atoms with Crippen LogP contribution < -0.4 is 5.32 Å². The Morgan fingerprint density at radius 3 is 2.37 bits per heavy atom. The van der Waals surface area contributed by atoms with Crippen molar-refractivity contribution in [3.8, 4) is 0 Å². The van der Waals surface area contributed by atoms with E-state index in [0.717, 1.165) is 29.6 Å². The summed E-state index contributed by atoms with van der Waals surface area (Å²) in [5.41, 5.74) is 0. The van der Waals surface area contributed by atoms with Gasteiger partial charge in [-0.1, -0.05) is 53.4 Å². The second-order valence-electron chi connectivity index (χ2n) is 7.94. The van der Waals surface area contributed by atoms with Crippen LogP contribution in [0.4, 0.5) is 0 Å². The normalized spacial score (nSPS) is 40.6. The molecule has 2 rings (SSSR count). The molecule has 112 valence electrons. The third kappa shape index (κ3) is 4.48. The van der Waals surface area contributed by atoms with Crippen LogP contribution in [0.5, 0.6) is 0 Å². The first kappa shape index (κ1) is 15.4. The fraction of sp³-hybridized carbons (Fsp3) is 1.00. The van der Waals surface area contributed by atoms with E-state index < -0.39 is 0 Å². The molecule has 2 saturated carbocycles. The Morgan fingerprint density at radius 1 is 0.947 bits per heavy atom. The van der Waals surface area contributed by atoms with Crippen LogP contribution in [0.1, 0.15) is 72.6 Å². The summed E-state index contributed by atoms with van der Waals surface area (Å²) in [7, 11) is 0. The van der Waals surface area contributed by atoms with E-state index in [0.29, 0.717) is 6.04 Å². The topological polar surface area (TPSA) is 12.0 Å². The Kier molecular flexibility index (Phi) is 5.74. The van der Waals surface area contributed by atoms with Crippen LogP contribution in [0.3, 0.4) is 0 Å². The van der Waals surface area contributed by atoms with Crippen LogP contribution in [-0.2, 0) is 0 Å². The molecule has 0 aliphatic heterocycles. The molecule has 5 atom stereocenters. The van der Waals surface area contributed by atoms with Crippen LogP contribution in [0, 0.1) is 29.6 Å². The first-order valence-electron chi connectivity index (χ1n) is 8.79. The van der Waals surface area contributed by atoms with E-state index in [9.17, 15) is 0 Å². The molecule has 0 amide bonds. The van der Waals surface area contributed by atoms with E-state index >= 15 is 0 Å². The van der Waals surface area contributed by atoms with Gasteiger partial charge < -0.3 is 5.32 Å². The Bertz CT molecular complexity index is 260. The molecular formula is C18H35N. The molecule has 1 heteroatoms. The van der Waals surface area contributed by atoms with Crippen LogP contribution in [0.2, 0.25) is 0 Å². The van der Waals surface area contributed by atoms with Gasteiger partial charge in [-0.3, -0.25) is 0 Å². The lowest BCUT2D eigenvalue weighted by atomic mass is 9.64. The molecular weight excluding hydrogens is 230 g/mol. The summed E-state index contributed by atoms with van der Waals surface area (Å²) in [4.78, 5) is 0. The average molecular weight is 265 g/mol. The molecule has 0 radical (unpaired) electrons. The van der Waals surface area contributed by atoms with Crippen molar-refractivity contribution in [3.63, 3.8) is 0 Å². The summed E-state index contributed by atoms with van der Waals surface area (Å²) in [6.45, 7) is 10.8. The van der Waals surface area contributed by atoms with E-state index in [1.165, 1.54) is 51.5 Å². The smallest absolute Gasteiger partial charge is 0.00104 e. The monoisotopic (exact) mass is 265 g/mol. The third-order valence-electron chi connectivity index (χ3n) is 5.68. The van der Waals surface area contributed by atoms with Gasteiger partial charge in [-0.2, -0.15) is 0 Å². The van der Waals surface area contributed by atoms with Crippen LogP contribution >= 0.6 is 0 Å². The predicted octanol–water partition coefficient (Wildman–Crippen LogP) is 4.86. The van der Waals surface area contributed by atoms with Gasteiger partial charge in [0.05, 0.1) is 0 Å². The largest absolute Gasteiger partial charge is 0.314 e. The van der Waals surface area contributed by atoms with Gasteiger partial charge in [0.15, 0.2) is 0 Å². The molecule has 0 aromatic rings. The van der Waals surface area contributed by atoms with Crippen molar-refractivity contribution >= 4 is 0 Å². The Balaban J connectivity index is 1.95. The lowest BCUT2D eigenvalue weighted by Crippen LogP contribution is -2.39. The van der Waals surface area contributed by atoms with Crippen molar-refractivity contribution in [2.24, 2.45) is 29.6 Å². The van der Waals surface area contributed by atoms with Crippen molar-refractivity contribution in [1.29, 1.82) is 0 Å². The maximum absolute atomic E-state index is 3.71. The maximum Gasteiger partial charge on any atom is 0.00104 e. The zero-order chi connectivity index (χ0) is 13.8. The summed E-state index contributed by atoms with van der Waals surface area (Å²) < 4.78 is 0. The lowest BCUT2D eigenvalue weighted by Gasteiger charge is -2.43. The van der Waals surface area contributed by atoms with Gasteiger partial charge in [0.25, 0.3) is 0 Å². The number of hydrogen-bond acceptors (Lipinski definition) is 1. The molecule has 0 heterocycles. The highest BCUT2D eigenvalue weighted by Crippen LogP contribution is 2.44. The SMILES string of the molecule is CC1CCCC(C2CC(C)CCC2CNC(C)C)C1. The van der Waals surface area contributed by atoms with Gasteiger partial charge >= 0.3 is 0 Å². The molecule has 1 N–H and O–H groups in total. The van der Waals surface area contributed by atoms with Crippen LogP contribution in [0.15, 0.2) is 0 Å². The zero-order valence-electron chi connectivity index (χ0n) is 13.6. The highest BCUT2D eigenvalue weighted by molar-refractivity contribution is 4.87. The molecule has 0 spiro atoms. The van der Waals surface area contributed by atoms with Crippen molar-refractivity contribution in [2.75, 3.05) is 6.54 Å². The number of nitrogens with one attached hydrogen (secondary N) is 1. The van der Waals surface area contributed by atoms with Gasteiger partial charge in [0.2, 0.25) is 0 Å². The second kappa shape index (κ2) is 7.11. The molecule has 0 aromatic carbocycles. The first-order valence-corrected chi connectivity index (χ1v) is 8.79. The minimum atomic E-state index is 0.644. The van der Waals surface area contributed by atoms with E-state index in [2.05, 4.69) is 33.0 Å². The van der Waals surface area contributed by atoms with Gasteiger partial charge in [-0.25, -0.2) is 0 Å². The number of rotatable bonds is 4. The quantitative estimate of drug-likeness (QED) is 0.765. The van der Waals surface area contributed by atoms with E-state index in [1.54, 1.807) is 0 Å². The van der Waals surface area contributed by atoms with E-state index in [-0.39, 0.29) is 0 Å². The van der Waals surface area contributed by atoms with Crippen molar-refractivity contribution in [3.05, 3.63) is 0 Å². The third-order valence-corrected chi connectivity index (χ3v) is 5.68. The molecule has 2 aliphatic rings. The minimum Gasteiger partial charge on any atom is -0.314 e. The molecule has 0 saturated heterocycles. The highest BCUT2D eigenvalue weighted by Gasteiger charge is 2.35. The van der Waals surface area contributed by atoms with Gasteiger partial charge in [0, 0.05) is 6.04 Å². The Morgan fingerprint density at radius 2 is 1.68 bits per heavy atom. The molecule has 0 bridgehead atoms. The van der Waals surface area contributed by atoms with Crippen molar-refractivity contribution in [1.82, 2.24) is 5.32 Å². The van der Waals surface area contributed by atoms with Gasteiger partial charge in [-0.15, -0.1) is 0 Å². The fourth-order valence-electron chi connectivity index (χ4n) is 4.58. The van der Waals surface area contributed by atoms with Crippen LogP contribution in [-0.4, -0.2) is 12.6 Å². The zero-order valence-corrected chi connectivity index (χ0v) is 13.6. The van der Waals surface area contributed by atoms with Gasteiger partial charge in [0.1, 0.15) is 0 Å². The summed E-state index contributed by atoms with van der Waals surface area (Å²) >= 11 is 0. The predicted molar refractivity (Wildman–Crippen MR) is 84.3 cm³/mol. The lowest BCUT2D eigenvalue weighted by molar-refractivity contribution is 0.0857. The standard InChI is InChI=1S/C18H35N/c1-13(2)19-12-17-9-8-15(4)11-18(17)16-7-5-6-14(3)10-16/h13-19H,5-12H2,1-4H3. The summed E-state index contributed by atoms with van der Waals surface area (Å²) in [5, 5.41) is 3.71. The van der Waals surface area contributed by atoms with E-state index in [4.69, 9.17) is 0 Å². The number of hydrogen-bond donors (Lipinski definition) is 1. The maximum atomic E-state index is 3.71. The molecule has 1 nitrogen and oxygen atoms in total. The second-order valence-corrected chi connectivity index (χ2v) is 7.94. The molecule has 2 fully saturated rings. The summed E-state index contributed by atoms with van der Waals surface area (Å²) in [5.74, 6) is 4.95. The average Bonchev–Trinajstić information content (AvgIpc) is 2.37. The highest BCUT2D eigenvalue weighted by atomic mass is 14.9. The van der Waals surface area contributed by atoms with Crippen LogP contribution in [0.25, 0.3) is 0 Å². The Labute approximate surface area is 120 Å². The van der Waals surface area contributed by atoms with Crippen molar-refractivity contribution in [2.45, 2.75) is 78.7 Å². The van der Waals surface area contributed by atoms with E-state index in [1.807, 2.05) is 0 Å². The Hall–Kier alpha value is -0.0400. The van der Waals surface area contributed by atoms with Gasteiger partial charge in [-0.05, 0) is 55.4 Å². The summed E-state index contributed by atoms with van der Waals surface area (Å²) in [6, 6.07) is 0.644. The molecule has 0 aromatic heterocycles. The molecule has 2 aliphatic carbocycles. The first-order chi connectivity index (χ1) is 9.06. The fourth-order valence-corrected chi connectivity index (χ4v) is 4.58. The molecule has 19 heavy (non-hydrogen) atoms.